The number of phenols is 1. The summed E-state index contributed by atoms with van der Waals surface area (Å²) in [5.41, 5.74) is 4.04. The number of rotatable bonds is 3. The summed E-state index contributed by atoms with van der Waals surface area (Å²) in [5, 5.41) is 14.3. The van der Waals surface area contributed by atoms with Crippen molar-refractivity contribution in [3.8, 4) is 5.75 Å². The first-order valence-electron chi connectivity index (χ1n) is 6.06. The fourth-order valence-corrected chi connectivity index (χ4v) is 2.13. The summed E-state index contributed by atoms with van der Waals surface area (Å²) in [5.74, 6) is -0.586. The first-order valence-corrected chi connectivity index (χ1v) is 7.23. The molecule has 4 nitrogen and oxygen atoms in total. The molecule has 1 amide bonds. The van der Waals surface area contributed by atoms with Crippen LogP contribution < -0.4 is 5.43 Å². The second-order valence-corrected chi connectivity index (χ2v) is 5.66. The third kappa shape index (κ3) is 4.06. The van der Waals surface area contributed by atoms with Gasteiger partial charge in [-0.2, -0.15) is 5.10 Å². The van der Waals surface area contributed by atoms with Gasteiger partial charge in [-0.15, -0.1) is 0 Å². The highest BCUT2D eigenvalue weighted by molar-refractivity contribution is 9.10. The summed E-state index contributed by atoms with van der Waals surface area (Å²) >= 11 is 9.06. The SMILES string of the molecule is C/C(=N/NC(=O)c1cc(Br)ccc1O)c1ccc(Cl)cc1. The average molecular weight is 368 g/mol. The molecule has 0 saturated heterocycles. The zero-order valence-electron chi connectivity index (χ0n) is 11.1. The van der Waals surface area contributed by atoms with Gasteiger partial charge in [0.25, 0.3) is 5.91 Å². The summed E-state index contributed by atoms with van der Waals surface area (Å²) in [6.07, 6.45) is 0. The van der Waals surface area contributed by atoms with E-state index in [1.165, 1.54) is 12.1 Å². The van der Waals surface area contributed by atoms with E-state index in [1.807, 2.05) is 12.1 Å². The van der Waals surface area contributed by atoms with Crippen LogP contribution in [0.2, 0.25) is 5.02 Å². The monoisotopic (exact) mass is 366 g/mol. The number of benzene rings is 2. The maximum absolute atomic E-state index is 12.0. The molecule has 2 N–H and O–H groups in total. The van der Waals surface area contributed by atoms with Gasteiger partial charge >= 0.3 is 0 Å². The van der Waals surface area contributed by atoms with Gasteiger partial charge in [0.15, 0.2) is 0 Å². The first kappa shape index (κ1) is 15.5. The van der Waals surface area contributed by atoms with Crippen molar-refractivity contribution in [3.05, 3.63) is 63.1 Å². The van der Waals surface area contributed by atoms with Gasteiger partial charge < -0.3 is 5.11 Å². The van der Waals surface area contributed by atoms with Crippen molar-refractivity contribution in [1.82, 2.24) is 5.43 Å². The van der Waals surface area contributed by atoms with Crippen molar-refractivity contribution in [3.63, 3.8) is 0 Å². The molecule has 0 spiro atoms. The number of nitrogens with one attached hydrogen (secondary N) is 1. The fourth-order valence-electron chi connectivity index (χ4n) is 1.64. The zero-order valence-corrected chi connectivity index (χ0v) is 13.4. The number of aromatic hydroxyl groups is 1. The molecule has 0 atom stereocenters. The van der Waals surface area contributed by atoms with E-state index in [1.54, 1.807) is 25.1 Å². The number of carbonyl (C=O) groups excluding carboxylic acids is 1. The van der Waals surface area contributed by atoms with E-state index in [9.17, 15) is 9.90 Å². The van der Waals surface area contributed by atoms with Gasteiger partial charge in [-0.05, 0) is 42.8 Å². The van der Waals surface area contributed by atoms with Gasteiger partial charge in [0, 0.05) is 9.50 Å². The van der Waals surface area contributed by atoms with Crippen LogP contribution in [0, 0.1) is 0 Å². The molecular weight excluding hydrogens is 356 g/mol. The van der Waals surface area contributed by atoms with Crippen LogP contribution in [0.25, 0.3) is 0 Å². The van der Waals surface area contributed by atoms with Gasteiger partial charge in [-0.3, -0.25) is 4.79 Å². The predicted octanol–water partition coefficient (Wildman–Crippen LogP) is 3.96. The van der Waals surface area contributed by atoms with Crippen LogP contribution in [0.15, 0.2) is 52.0 Å². The quantitative estimate of drug-likeness (QED) is 0.637. The lowest BCUT2D eigenvalue weighted by atomic mass is 10.1. The van der Waals surface area contributed by atoms with E-state index in [4.69, 9.17) is 11.6 Å². The molecule has 108 valence electrons. The molecule has 0 aliphatic rings. The van der Waals surface area contributed by atoms with Crippen molar-refractivity contribution in [2.45, 2.75) is 6.92 Å². The Kier molecular flexibility index (Phi) is 4.98. The highest BCUT2D eigenvalue weighted by Crippen LogP contribution is 2.21. The van der Waals surface area contributed by atoms with Crippen LogP contribution >= 0.6 is 27.5 Å². The Morgan fingerprint density at radius 1 is 1.24 bits per heavy atom. The third-order valence-electron chi connectivity index (χ3n) is 2.79. The van der Waals surface area contributed by atoms with Gasteiger partial charge in [-0.25, -0.2) is 5.43 Å². The lowest BCUT2D eigenvalue weighted by molar-refractivity contribution is 0.0952. The van der Waals surface area contributed by atoms with Gasteiger partial charge in [0.1, 0.15) is 5.75 Å². The highest BCUT2D eigenvalue weighted by Gasteiger charge is 2.11. The molecule has 6 heteroatoms. The van der Waals surface area contributed by atoms with Crippen molar-refractivity contribution < 1.29 is 9.90 Å². The molecule has 0 saturated carbocycles. The van der Waals surface area contributed by atoms with E-state index in [0.717, 1.165) is 5.56 Å². The molecule has 0 unspecified atom stereocenters. The zero-order chi connectivity index (χ0) is 15.4. The Morgan fingerprint density at radius 2 is 1.90 bits per heavy atom. The minimum Gasteiger partial charge on any atom is -0.507 e. The average Bonchev–Trinajstić information content (AvgIpc) is 2.47. The Morgan fingerprint density at radius 3 is 2.57 bits per heavy atom. The molecule has 2 aromatic rings. The molecule has 0 aliphatic heterocycles. The van der Waals surface area contributed by atoms with Gasteiger partial charge in [-0.1, -0.05) is 39.7 Å². The topological polar surface area (TPSA) is 61.7 Å². The summed E-state index contributed by atoms with van der Waals surface area (Å²) in [7, 11) is 0. The van der Waals surface area contributed by atoms with E-state index >= 15 is 0 Å². The van der Waals surface area contributed by atoms with Crippen molar-refractivity contribution >= 4 is 39.1 Å². The second-order valence-electron chi connectivity index (χ2n) is 4.31. The van der Waals surface area contributed by atoms with E-state index in [0.29, 0.717) is 15.2 Å². The summed E-state index contributed by atoms with van der Waals surface area (Å²) < 4.78 is 0.698. The number of hydrogen-bond acceptors (Lipinski definition) is 3. The van der Waals surface area contributed by atoms with Crippen LogP contribution in [0.3, 0.4) is 0 Å². The van der Waals surface area contributed by atoms with E-state index in [-0.39, 0.29) is 11.3 Å². The normalized spacial score (nSPS) is 11.3. The minimum atomic E-state index is -0.484. The molecule has 21 heavy (non-hydrogen) atoms. The van der Waals surface area contributed by atoms with Crippen LogP contribution in [-0.2, 0) is 0 Å². The Balaban J connectivity index is 2.14. The molecule has 0 aromatic heterocycles. The van der Waals surface area contributed by atoms with Crippen LogP contribution in [0.5, 0.6) is 5.75 Å². The highest BCUT2D eigenvalue weighted by atomic mass is 79.9. The number of amides is 1. The molecule has 0 aliphatic carbocycles. The van der Waals surface area contributed by atoms with E-state index in [2.05, 4.69) is 26.5 Å². The number of phenolic OH excluding ortho intramolecular Hbond substituents is 1. The van der Waals surface area contributed by atoms with Crippen molar-refractivity contribution in [2.75, 3.05) is 0 Å². The van der Waals surface area contributed by atoms with E-state index < -0.39 is 5.91 Å². The lowest BCUT2D eigenvalue weighted by Crippen LogP contribution is -2.19. The van der Waals surface area contributed by atoms with Crippen LogP contribution in [-0.4, -0.2) is 16.7 Å². The molecule has 0 radical (unpaired) electrons. The smallest absolute Gasteiger partial charge is 0.275 e. The van der Waals surface area contributed by atoms with Crippen LogP contribution in [0.1, 0.15) is 22.8 Å². The molecule has 0 heterocycles. The van der Waals surface area contributed by atoms with Crippen molar-refractivity contribution in [2.24, 2.45) is 5.10 Å². The van der Waals surface area contributed by atoms with Crippen molar-refractivity contribution in [1.29, 1.82) is 0 Å². The minimum absolute atomic E-state index is 0.102. The number of carbonyl (C=O) groups is 1. The summed E-state index contributed by atoms with van der Waals surface area (Å²) in [6.45, 7) is 1.77. The van der Waals surface area contributed by atoms with Gasteiger partial charge in [0.05, 0.1) is 11.3 Å². The first-order chi connectivity index (χ1) is 9.97. The fraction of sp³-hybridized carbons (Fsp3) is 0.0667. The molecule has 2 aromatic carbocycles. The van der Waals surface area contributed by atoms with Gasteiger partial charge in [0.2, 0.25) is 0 Å². The maximum Gasteiger partial charge on any atom is 0.275 e. The molecule has 0 fully saturated rings. The number of nitrogens with zero attached hydrogens (tertiary/aromatic N) is 1. The number of halogens is 2. The largest absolute Gasteiger partial charge is 0.507 e. The molecule has 2 rings (SSSR count). The number of hydrazone groups is 1. The maximum atomic E-state index is 12.0. The standard InChI is InChI=1S/C15H12BrClN2O2/c1-9(10-2-5-12(17)6-3-10)18-19-15(21)13-8-11(16)4-7-14(13)20/h2-8,20H,1H3,(H,19,21)/b18-9-. The number of hydrogen-bond donors (Lipinski definition) is 2. The lowest BCUT2D eigenvalue weighted by Gasteiger charge is -2.05. The Bertz CT molecular complexity index is 699. The van der Waals surface area contributed by atoms with Crippen LogP contribution in [0.4, 0.5) is 0 Å². The Labute approximate surface area is 135 Å². The third-order valence-corrected chi connectivity index (χ3v) is 3.54. The predicted molar refractivity (Wildman–Crippen MR) is 86.9 cm³/mol. The second kappa shape index (κ2) is 6.74. The molecule has 0 bridgehead atoms. The summed E-state index contributed by atoms with van der Waals surface area (Å²) in [6, 6.07) is 11.7. The molecular formula is C15H12BrClN2O2. The Hall–Kier alpha value is -1.85. The summed E-state index contributed by atoms with van der Waals surface area (Å²) in [4.78, 5) is 12.0.